The van der Waals surface area contributed by atoms with Crippen LogP contribution < -0.4 is 15.5 Å². The van der Waals surface area contributed by atoms with E-state index < -0.39 is 0 Å². The number of imidazole rings is 1. The summed E-state index contributed by atoms with van der Waals surface area (Å²) in [4.78, 5) is 54.7. The van der Waals surface area contributed by atoms with E-state index in [1.807, 2.05) is 22.9 Å². The molecule has 0 aromatic carbocycles. The molecule has 33 heavy (non-hydrogen) atoms. The highest BCUT2D eigenvalue weighted by molar-refractivity contribution is 5.92. The maximum Gasteiger partial charge on any atom is 0.242 e. The smallest absolute Gasteiger partial charge is 0.242 e. The fraction of sp³-hybridized carbons (Fsp3) is 0.381. The van der Waals surface area contributed by atoms with E-state index in [0.29, 0.717) is 54.1 Å². The third-order valence-electron chi connectivity index (χ3n) is 5.26. The monoisotopic (exact) mass is 451 g/mol. The summed E-state index contributed by atoms with van der Waals surface area (Å²) in [7, 11) is 3.31. The predicted octanol–water partition coefficient (Wildman–Crippen LogP) is 0.937. The first-order chi connectivity index (χ1) is 15.9. The van der Waals surface area contributed by atoms with E-state index in [9.17, 15) is 14.4 Å². The average molecular weight is 451 g/mol. The Morgan fingerprint density at radius 3 is 2.58 bits per heavy atom. The Morgan fingerprint density at radius 1 is 1.15 bits per heavy atom. The highest BCUT2D eigenvalue weighted by atomic mass is 16.2. The largest absolute Gasteiger partial charge is 0.348 e. The lowest BCUT2D eigenvalue weighted by molar-refractivity contribution is -0.128. The second-order valence-corrected chi connectivity index (χ2v) is 8.06. The van der Waals surface area contributed by atoms with Crippen LogP contribution in [0.2, 0.25) is 0 Å². The van der Waals surface area contributed by atoms with Crippen molar-refractivity contribution in [3.8, 4) is 0 Å². The minimum absolute atomic E-state index is 0.0721. The first-order valence-electron chi connectivity index (χ1n) is 10.5. The number of likely N-dealkylation sites (N-methyl/N-ethyl adjacent to an activating group) is 1. The summed E-state index contributed by atoms with van der Waals surface area (Å²) in [5.74, 6) is 1.17. The van der Waals surface area contributed by atoms with Crippen molar-refractivity contribution in [3.05, 3.63) is 35.5 Å². The van der Waals surface area contributed by atoms with Gasteiger partial charge in [0, 0.05) is 26.5 Å². The molecule has 0 bridgehead atoms. The molecule has 0 spiro atoms. The summed E-state index contributed by atoms with van der Waals surface area (Å²) in [5, 5.41) is 5.49. The number of fused-ring (bicyclic) bond motifs is 1. The molecule has 0 saturated heterocycles. The zero-order valence-electron chi connectivity index (χ0n) is 18.6. The molecule has 1 fully saturated rings. The first-order valence-corrected chi connectivity index (χ1v) is 10.5. The second kappa shape index (κ2) is 9.18. The molecule has 2 N–H and O–H groups in total. The molecular formula is C21H25N9O3. The second-order valence-electron chi connectivity index (χ2n) is 8.06. The van der Waals surface area contributed by atoms with Gasteiger partial charge in [0.2, 0.25) is 30.6 Å². The van der Waals surface area contributed by atoms with Crippen molar-refractivity contribution in [2.75, 3.05) is 36.2 Å². The number of anilines is 3. The van der Waals surface area contributed by atoms with Crippen LogP contribution in [0, 0.1) is 6.92 Å². The van der Waals surface area contributed by atoms with E-state index in [4.69, 9.17) is 0 Å². The molecule has 1 aliphatic rings. The number of carbonyl (C=O) groups excluding carboxylic acids is 3. The number of nitrogens with zero attached hydrogens (tertiary/aromatic N) is 7. The molecule has 4 rings (SSSR count). The Balaban J connectivity index is 1.63. The molecule has 1 aliphatic carbocycles. The maximum absolute atomic E-state index is 12.3. The molecule has 0 unspecified atom stereocenters. The van der Waals surface area contributed by atoms with Gasteiger partial charge in [0.05, 0.1) is 17.9 Å². The van der Waals surface area contributed by atoms with Crippen LogP contribution in [0.1, 0.15) is 35.8 Å². The third-order valence-corrected chi connectivity index (χ3v) is 5.26. The van der Waals surface area contributed by atoms with Gasteiger partial charge in [0.15, 0.2) is 5.65 Å². The normalized spacial score (nSPS) is 12.9. The highest BCUT2D eigenvalue weighted by Gasteiger charge is 2.27. The Labute approximate surface area is 190 Å². The van der Waals surface area contributed by atoms with Crippen molar-refractivity contribution in [1.82, 2.24) is 29.2 Å². The minimum atomic E-state index is -0.185. The molecule has 12 heteroatoms. The summed E-state index contributed by atoms with van der Waals surface area (Å²) in [6.45, 7) is 1.93. The molecule has 12 nitrogen and oxygen atoms in total. The molecule has 0 aliphatic heterocycles. The zero-order chi connectivity index (χ0) is 23.5. The van der Waals surface area contributed by atoms with Gasteiger partial charge in [-0.1, -0.05) is 0 Å². The van der Waals surface area contributed by atoms with Gasteiger partial charge in [0.25, 0.3) is 0 Å². The number of aromatic nitrogens is 5. The van der Waals surface area contributed by atoms with Crippen molar-refractivity contribution in [1.29, 1.82) is 0 Å². The maximum atomic E-state index is 12.3. The van der Waals surface area contributed by atoms with Crippen LogP contribution in [0.15, 0.2) is 18.5 Å². The van der Waals surface area contributed by atoms with Crippen LogP contribution >= 0.6 is 0 Å². The fourth-order valence-corrected chi connectivity index (χ4v) is 3.40. The molecule has 3 aromatic heterocycles. The molecule has 172 valence electrons. The molecule has 0 atom stereocenters. The Hall–Kier alpha value is -4.09. The van der Waals surface area contributed by atoms with Gasteiger partial charge in [-0.05, 0) is 37.3 Å². The highest BCUT2D eigenvalue weighted by Crippen LogP contribution is 2.41. The summed E-state index contributed by atoms with van der Waals surface area (Å²) in [5.41, 5.74) is 2.96. The van der Waals surface area contributed by atoms with E-state index in [1.165, 1.54) is 9.80 Å². The predicted molar refractivity (Wildman–Crippen MR) is 121 cm³/mol. The number of pyridine rings is 1. The van der Waals surface area contributed by atoms with E-state index in [2.05, 4.69) is 30.6 Å². The van der Waals surface area contributed by atoms with Gasteiger partial charge in [-0.3, -0.25) is 19.7 Å². The van der Waals surface area contributed by atoms with E-state index in [0.717, 1.165) is 18.4 Å². The van der Waals surface area contributed by atoms with Crippen molar-refractivity contribution in [2.45, 2.75) is 32.2 Å². The standard InChI is InChI=1S/C21H25N9O3/c1-13-24-20(27-21(25-13)23-11-31)22-7-16-9-29-8-15(14-4-5-14)6-17(19(29)26-16)30(12-32)10-18(33)28(2)3/h6,8-9,11-12,14H,4-5,7,10H2,1-3H3,(H2,22,23,24,25,27,31). The van der Waals surface area contributed by atoms with Crippen LogP contribution in [-0.2, 0) is 20.9 Å². The van der Waals surface area contributed by atoms with Gasteiger partial charge < -0.3 is 19.5 Å². The quantitative estimate of drug-likeness (QED) is 0.434. The lowest BCUT2D eigenvalue weighted by Gasteiger charge is -2.20. The number of amides is 3. The molecule has 0 radical (unpaired) electrons. The van der Waals surface area contributed by atoms with E-state index >= 15 is 0 Å². The van der Waals surface area contributed by atoms with Crippen LogP contribution in [-0.4, -0.2) is 68.6 Å². The molecule has 3 aromatic rings. The van der Waals surface area contributed by atoms with Gasteiger partial charge in [0.1, 0.15) is 12.4 Å². The Bertz CT molecular complexity index is 1200. The number of hydrogen-bond acceptors (Lipinski definition) is 8. The topological polar surface area (TPSA) is 138 Å². The molecule has 3 heterocycles. The number of carbonyl (C=O) groups is 3. The van der Waals surface area contributed by atoms with Crippen molar-refractivity contribution in [3.63, 3.8) is 0 Å². The van der Waals surface area contributed by atoms with Crippen LogP contribution in [0.4, 0.5) is 17.6 Å². The van der Waals surface area contributed by atoms with Crippen molar-refractivity contribution >= 4 is 42.0 Å². The zero-order valence-corrected chi connectivity index (χ0v) is 18.6. The molecule has 1 saturated carbocycles. The third kappa shape index (κ3) is 5.05. The SMILES string of the molecule is Cc1nc(NC=O)nc(NCc2cn3cc(C4CC4)cc(N(C=O)CC(=O)N(C)C)c3n2)n1. The summed E-state index contributed by atoms with van der Waals surface area (Å²) < 4.78 is 1.88. The van der Waals surface area contributed by atoms with Crippen molar-refractivity contribution < 1.29 is 14.4 Å². The van der Waals surface area contributed by atoms with E-state index in [-0.39, 0.29) is 18.4 Å². The number of aryl methyl sites for hydroxylation is 1. The number of nitrogens with one attached hydrogen (secondary N) is 2. The Morgan fingerprint density at radius 2 is 1.91 bits per heavy atom. The van der Waals surface area contributed by atoms with Crippen LogP contribution in [0.25, 0.3) is 5.65 Å². The summed E-state index contributed by atoms with van der Waals surface area (Å²) in [6, 6.07) is 1.95. The molecule has 3 amide bonds. The summed E-state index contributed by atoms with van der Waals surface area (Å²) >= 11 is 0. The lowest BCUT2D eigenvalue weighted by Crippen LogP contribution is -2.36. The molecular weight excluding hydrogens is 426 g/mol. The summed E-state index contributed by atoms with van der Waals surface area (Å²) in [6.07, 6.45) is 7.24. The van der Waals surface area contributed by atoms with Gasteiger partial charge >= 0.3 is 0 Å². The van der Waals surface area contributed by atoms with Gasteiger partial charge in [-0.15, -0.1) is 0 Å². The Kier molecular flexibility index (Phi) is 6.16. The lowest BCUT2D eigenvalue weighted by atomic mass is 10.1. The average Bonchev–Trinajstić information content (AvgIpc) is 3.54. The number of rotatable bonds is 10. The fourth-order valence-electron chi connectivity index (χ4n) is 3.40. The van der Waals surface area contributed by atoms with Crippen LogP contribution in [0.3, 0.4) is 0 Å². The first kappa shape index (κ1) is 22.1. The van der Waals surface area contributed by atoms with Crippen LogP contribution in [0.5, 0.6) is 0 Å². The van der Waals surface area contributed by atoms with Gasteiger partial charge in [-0.25, -0.2) is 4.98 Å². The number of hydrogen-bond donors (Lipinski definition) is 2. The minimum Gasteiger partial charge on any atom is -0.348 e. The van der Waals surface area contributed by atoms with Gasteiger partial charge in [-0.2, -0.15) is 15.0 Å². The van der Waals surface area contributed by atoms with E-state index in [1.54, 1.807) is 21.0 Å². The van der Waals surface area contributed by atoms with Crippen molar-refractivity contribution in [2.24, 2.45) is 0 Å².